The number of ether oxygens (including phenoxy) is 3. The van der Waals surface area contributed by atoms with Crippen molar-refractivity contribution in [1.29, 1.82) is 0 Å². The van der Waals surface area contributed by atoms with Gasteiger partial charge in [0, 0.05) is 68.5 Å². The minimum Gasteiger partial charge on any atom is -0.396 e. The fourth-order valence-electron chi connectivity index (χ4n) is 14.7. The number of allylic oxidation sites excluding steroid dienone is 1. The number of amides is 1. The van der Waals surface area contributed by atoms with Crippen LogP contribution in [0.1, 0.15) is 104 Å². The van der Waals surface area contributed by atoms with Crippen LogP contribution in [-0.4, -0.2) is 130 Å². The topological polar surface area (TPSA) is 178 Å². The van der Waals surface area contributed by atoms with E-state index in [1.807, 2.05) is 11.8 Å². The van der Waals surface area contributed by atoms with Gasteiger partial charge in [-0.25, -0.2) is 0 Å². The number of piperidine rings is 1. The predicted molar refractivity (Wildman–Crippen MR) is 203 cm³/mol. The second kappa shape index (κ2) is 13.5. The van der Waals surface area contributed by atoms with Gasteiger partial charge in [-0.05, 0) is 94.1 Å². The zero-order valence-electron chi connectivity index (χ0n) is 33.7. The summed E-state index contributed by atoms with van der Waals surface area (Å²) in [6.07, 6.45) is 5.49. The average Bonchev–Trinajstić information content (AvgIpc) is 3.45. The summed E-state index contributed by atoms with van der Waals surface area (Å²) in [7, 11) is 1.68. The molecular formula is C44H64N2O10. The molecule has 12 heteroatoms. The molecule has 5 aliphatic heterocycles. The first kappa shape index (κ1) is 39.5. The minimum absolute atomic E-state index is 0.0160. The highest BCUT2D eigenvalue weighted by atomic mass is 16.5. The molecule has 6 N–H and O–H groups in total. The van der Waals surface area contributed by atoms with E-state index in [9.17, 15) is 35.1 Å². The maximum absolute atomic E-state index is 14.5. The summed E-state index contributed by atoms with van der Waals surface area (Å²) < 4.78 is 18.1. The molecule has 1 amide bonds. The summed E-state index contributed by atoms with van der Waals surface area (Å²) in [5, 5.41) is 64.4. The Labute approximate surface area is 331 Å². The van der Waals surface area contributed by atoms with E-state index in [0.29, 0.717) is 70.3 Å². The van der Waals surface area contributed by atoms with Crippen LogP contribution in [0.15, 0.2) is 11.6 Å². The summed E-state index contributed by atoms with van der Waals surface area (Å²) in [5.41, 5.74) is -5.55. The van der Waals surface area contributed by atoms with Gasteiger partial charge in [-0.3, -0.25) is 14.9 Å². The quantitative estimate of drug-likeness (QED) is 0.132. The number of hydrogen-bond donors (Lipinski definition) is 6. The normalized spacial score (nSPS) is 51.5. The van der Waals surface area contributed by atoms with Crippen LogP contribution in [0.5, 0.6) is 0 Å². The van der Waals surface area contributed by atoms with Gasteiger partial charge in [-0.1, -0.05) is 32.6 Å². The van der Waals surface area contributed by atoms with Gasteiger partial charge in [-0.2, -0.15) is 0 Å². The van der Waals surface area contributed by atoms with Gasteiger partial charge in [-0.15, -0.1) is 5.92 Å². The lowest BCUT2D eigenvalue weighted by atomic mass is 9.39. The molecule has 10 rings (SSSR count). The Balaban J connectivity index is 1.15. The van der Waals surface area contributed by atoms with Crippen molar-refractivity contribution in [2.45, 2.75) is 158 Å². The maximum Gasteiger partial charge on any atom is 0.240 e. The third-order valence-corrected chi connectivity index (χ3v) is 17.8. The lowest BCUT2D eigenvalue weighted by Crippen LogP contribution is -2.68. The number of rotatable bonds is 6. The van der Waals surface area contributed by atoms with Crippen molar-refractivity contribution in [3.05, 3.63) is 11.6 Å². The van der Waals surface area contributed by atoms with Crippen LogP contribution >= 0.6 is 0 Å². The van der Waals surface area contributed by atoms with E-state index in [1.54, 1.807) is 20.1 Å². The van der Waals surface area contributed by atoms with Crippen molar-refractivity contribution in [3.8, 4) is 11.8 Å². The monoisotopic (exact) mass is 780 g/mol. The summed E-state index contributed by atoms with van der Waals surface area (Å²) >= 11 is 0. The van der Waals surface area contributed by atoms with Crippen molar-refractivity contribution >= 4 is 11.7 Å². The predicted octanol–water partition coefficient (Wildman–Crippen LogP) is 2.22. The molecule has 0 radical (unpaired) electrons. The van der Waals surface area contributed by atoms with Gasteiger partial charge in [0.15, 0.2) is 5.78 Å². The van der Waals surface area contributed by atoms with Gasteiger partial charge in [0.05, 0.1) is 40.9 Å². The molecule has 12 nitrogen and oxygen atoms in total. The number of nitrogens with one attached hydrogen (secondary N) is 1. The van der Waals surface area contributed by atoms with Gasteiger partial charge >= 0.3 is 0 Å². The van der Waals surface area contributed by atoms with E-state index in [1.165, 1.54) is 0 Å². The number of ketones is 1. The highest BCUT2D eigenvalue weighted by molar-refractivity contribution is 5.96. The smallest absolute Gasteiger partial charge is 0.240 e. The molecule has 0 aromatic carbocycles. The van der Waals surface area contributed by atoms with Gasteiger partial charge in [0.25, 0.3) is 0 Å². The lowest BCUT2D eigenvalue weighted by Gasteiger charge is -2.64. The summed E-state index contributed by atoms with van der Waals surface area (Å²) in [4.78, 5) is 30.8. The van der Waals surface area contributed by atoms with E-state index < -0.39 is 81.2 Å². The van der Waals surface area contributed by atoms with E-state index >= 15 is 0 Å². The third-order valence-electron chi connectivity index (χ3n) is 17.8. The van der Waals surface area contributed by atoms with E-state index in [-0.39, 0.29) is 36.4 Å². The Morgan fingerprint density at radius 3 is 2.48 bits per heavy atom. The number of carbonyl (C=O) groups excluding carboxylic acids is 2. The molecule has 5 heterocycles. The Morgan fingerprint density at radius 2 is 1.75 bits per heavy atom. The first-order chi connectivity index (χ1) is 26.6. The molecule has 5 aliphatic carbocycles. The molecule has 16 unspecified atom stereocenters. The lowest BCUT2D eigenvalue weighted by molar-refractivity contribution is -0.206. The molecule has 4 saturated carbocycles. The molecule has 10 aliphatic rings. The first-order valence-electron chi connectivity index (χ1n) is 21.6. The van der Waals surface area contributed by atoms with Crippen molar-refractivity contribution in [1.82, 2.24) is 10.2 Å². The second-order valence-electron chi connectivity index (χ2n) is 20.1. The van der Waals surface area contributed by atoms with Crippen molar-refractivity contribution in [2.75, 3.05) is 33.5 Å². The van der Waals surface area contributed by atoms with Crippen LogP contribution in [-0.2, 0) is 23.8 Å². The third kappa shape index (κ3) is 5.24. The number of aliphatic hydroxyl groups excluding tert-OH is 3. The minimum atomic E-state index is -1.78. The Kier molecular flexibility index (Phi) is 9.57. The van der Waals surface area contributed by atoms with E-state index in [2.05, 4.69) is 24.1 Å². The Bertz CT molecular complexity index is 1700. The fourth-order valence-corrected chi connectivity index (χ4v) is 14.7. The highest BCUT2D eigenvalue weighted by Crippen LogP contribution is 2.73. The van der Waals surface area contributed by atoms with Crippen molar-refractivity contribution in [2.24, 2.45) is 45.3 Å². The zero-order chi connectivity index (χ0) is 39.6. The van der Waals surface area contributed by atoms with E-state index in [0.717, 1.165) is 38.5 Å². The number of carbonyl (C=O) groups is 2. The van der Waals surface area contributed by atoms with E-state index in [4.69, 9.17) is 14.2 Å². The molecule has 56 heavy (non-hydrogen) atoms. The van der Waals surface area contributed by atoms with Crippen molar-refractivity contribution < 1.29 is 49.3 Å². The average molecular weight is 781 g/mol. The largest absolute Gasteiger partial charge is 0.396 e. The van der Waals surface area contributed by atoms with Crippen LogP contribution in [0.25, 0.3) is 0 Å². The Morgan fingerprint density at radius 1 is 0.982 bits per heavy atom. The van der Waals surface area contributed by atoms with Gasteiger partial charge < -0.3 is 44.6 Å². The molecule has 7 fully saturated rings. The number of nitrogens with zero attached hydrogens (tertiary/aromatic N) is 1. The molecule has 7 bridgehead atoms. The number of methoxy groups -OCH3 is 1. The summed E-state index contributed by atoms with van der Waals surface area (Å²) in [6, 6.07) is -0.778. The number of aliphatic hydroxyl groups is 5. The molecule has 310 valence electrons. The SMILES string of the molecule is COCCCOC1CCC2(C)C(C1)C(=O)C=C1C3(O)CCC4C(C)(O)C(O)C5OC6C(O)NC(C(=O)N7CC7CC#CC12CCC43C)C1(CCCC1)C6C5CO. The van der Waals surface area contributed by atoms with Crippen LogP contribution in [0.2, 0.25) is 0 Å². The van der Waals surface area contributed by atoms with Crippen LogP contribution < -0.4 is 5.32 Å². The highest BCUT2D eigenvalue weighted by Gasteiger charge is 2.74. The fraction of sp³-hybridized carbons (Fsp3) is 0.864. The number of hydrogen-bond acceptors (Lipinski definition) is 11. The van der Waals surface area contributed by atoms with Crippen LogP contribution in [0.4, 0.5) is 0 Å². The van der Waals surface area contributed by atoms with Crippen LogP contribution in [0, 0.1) is 57.2 Å². The summed E-state index contributed by atoms with van der Waals surface area (Å²) in [6.45, 7) is 7.21. The summed E-state index contributed by atoms with van der Waals surface area (Å²) in [5.74, 6) is 5.24. The molecule has 0 aromatic rings. The van der Waals surface area contributed by atoms with Crippen molar-refractivity contribution in [3.63, 3.8) is 0 Å². The first-order valence-corrected chi connectivity index (χ1v) is 21.6. The second-order valence-corrected chi connectivity index (χ2v) is 20.1. The molecule has 16 atom stereocenters. The number of fused-ring (bicyclic) bond motifs is 4. The Hall–Kier alpha value is -1.92. The maximum atomic E-state index is 14.5. The standard InChI is InChI=1S/C44H64N2O10/c1-39-15-10-26(55-20-8-19-54-4)21-28(39)29(48)22-31-43(39)14-7-9-25-23-46(25)38(51)35-42(12-5-6-13-42)32-27(24-47)33(56-34(32)37(50)45-35)36(49)41(3,52)30-11-16-44(31,53)40(30,2)17-18-43/h22,25-28,30,32-37,45,47,49-50,52-53H,5-6,8-13,15-21,23-24H2,1-4H3. The van der Waals surface area contributed by atoms with Gasteiger partial charge in [0.1, 0.15) is 18.4 Å². The molecule has 0 aromatic heterocycles. The molecule has 2 spiro atoms. The van der Waals surface area contributed by atoms with Crippen LogP contribution in [0.3, 0.4) is 0 Å². The van der Waals surface area contributed by atoms with Gasteiger partial charge in [0.2, 0.25) is 5.91 Å². The zero-order valence-corrected chi connectivity index (χ0v) is 33.7. The molecular weight excluding hydrogens is 716 g/mol. The molecule has 3 saturated heterocycles.